The van der Waals surface area contributed by atoms with E-state index in [1.165, 1.54) is 0 Å². The van der Waals surface area contributed by atoms with E-state index in [0.29, 0.717) is 17.4 Å². The van der Waals surface area contributed by atoms with Crippen molar-refractivity contribution < 1.29 is 14.6 Å². The Bertz CT molecular complexity index is 582. The zero-order chi connectivity index (χ0) is 14.5. The molecule has 1 aromatic heterocycles. The van der Waals surface area contributed by atoms with Crippen molar-refractivity contribution in [3.63, 3.8) is 0 Å². The highest BCUT2D eigenvalue weighted by Crippen LogP contribution is 2.31. The molecular formula is C16H19NO3. The lowest BCUT2D eigenvalue weighted by Crippen LogP contribution is -1.99. The molecular weight excluding hydrogens is 254 g/mol. The number of hydrogen-bond donors (Lipinski definition) is 1. The molecule has 1 aromatic carbocycles. The van der Waals surface area contributed by atoms with Gasteiger partial charge in [-0.05, 0) is 29.7 Å². The molecule has 0 aliphatic rings. The average molecular weight is 273 g/mol. The van der Waals surface area contributed by atoms with Gasteiger partial charge >= 0.3 is 0 Å². The number of rotatable bonds is 5. The summed E-state index contributed by atoms with van der Waals surface area (Å²) in [5, 5.41) is 9.33. The predicted octanol–water partition coefficient (Wildman–Crippen LogP) is 3.50. The van der Waals surface area contributed by atoms with Crippen LogP contribution in [0.3, 0.4) is 0 Å². The Kier molecular flexibility index (Phi) is 4.58. The maximum atomic E-state index is 9.33. The Morgan fingerprint density at radius 1 is 1.15 bits per heavy atom. The Morgan fingerprint density at radius 2 is 1.85 bits per heavy atom. The molecule has 0 radical (unpaired) electrons. The number of benzene rings is 1. The number of aliphatic hydroxyl groups excluding tert-OH is 1. The largest absolute Gasteiger partial charge is 0.493 e. The molecule has 106 valence electrons. The Morgan fingerprint density at radius 3 is 2.45 bits per heavy atom. The van der Waals surface area contributed by atoms with E-state index in [9.17, 15) is 5.11 Å². The summed E-state index contributed by atoms with van der Waals surface area (Å²) in [5.74, 6) is 1.98. The topological polar surface area (TPSA) is 51.6 Å². The first-order valence-electron chi connectivity index (χ1n) is 6.56. The van der Waals surface area contributed by atoms with Crippen LogP contribution in [0.4, 0.5) is 0 Å². The van der Waals surface area contributed by atoms with Gasteiger partial charge < -0.3 is 14.6 Å². The van der Waals surface area contributed by atoms with Gasteiger partial charge in [0.2, 0.25) is 5.88 Å². The van der Waals surface area contributed by atoms with Crippen molar-refractivity contribution >= 4 is 0 Å². The van der Waals surface area contributed by atoms with Crippen LogP contribution in [-0.2, 0) is 6.61 Å². The average Bonchev–Trinajstić information content (AvgIpc) is 2.47. The highest BCUT2D eigenvalue weighted by atomic mass is 16.5. The van der Waals surface area contributed by atoms with Gasteiger partial charge in [0.15, 0.2) is 11.5 Å². The number of aliphatic hydroxyl groups is 1. The van der Waals surface area contributed by atoms with Crippen molar-refractivity contribution in [2.45, 2.75) is 26.4 Å². The fourth-order valence-corrected chi connectivity index (χ4v) is 1.84. The first-order chi connectivity index (χ1) is 9.63. The van der Waals surface area contributed by atoms with Gasteiger partial charge in [-0.1, -0.05) is 26.0 Å². The van der Waals surface area contributed by atoms with Gasteiger partial charge in [0, 0.05) is 11.8 Å². The van der Waals surface area contributed by atoms with E-state index >= 15 is 0 Å². The molecule has 1 N–H and O–H groups in total. The maximum Gasteiger partial charge on any atom is 0.220 e. The monoisotopic (exact) mass is 273 g/mol. The second kappa shape index (κ2) is 6.39. The first kappa shape index (κ1) is 14.3. The molecule has 0 aliphatic carbocycles. The molecule has 2 rings (SSSR count). The summed E-state index contributed by atoms with van der Waals surface area (Å²) in [5.41, 5.74) is 1.68. The van der Waals surface area contributed by atoms with Crippen LogP contribution in [-0.4, -0.2) is 17.2 Å². The van der Waals surface area contributed by atoms with Crippen molar-refractivity contribution in [1.29, 1.82) is 0 Å². The van der Waals surface area contributed by atoms with Crippen LogP contribution in [0.2, 0.25) is 0 Å². The summed E-state index contributed by atoms with van der Waals surface area (Å²) in [6.45, 7) is 4.07. The molecule has 0 spiro atoms. The van der Waals surface area contributed by atoms with Gasteiger partial charge in [0.05, 0.1) is 13.7 Å². The number of para-hydroxylation sites is 2. The van der Waals surface area contributed by atoms with E-state index in [0.717, 1.165) is 11.3 Å². The van der Waals surface area contributed by atoms with Crippen LogP contribution in [0.25, 0.3) is 0 Å². The summed E-state index contributed by atoms with van der Waals surface area (Å²) in [6.07, 6.45) is 0. The van der Waals surface area contributed by atoms with Gasteiger partial charge in [0.25, 0.3) is 0 Å². The van der Waals surface area contributed by atoms with E-state index in [4.69, 9.17) is 9.47 Å². The molecule has 1 heterocycles. The second-order valence-electron chi connectivity index (χ2n) is 4.80. The van der Waals surface area contributed by atoms with Gasteiger partial charge in [-0.15, -0.1) is 0 Å². The van der Waals surface area contributed by atoms with Crippen molar-refractivity contribution in [2.75, 3.05) is 7.11 Å². The molecule has 0 atom stereocenters. The van der Waals surface area contributed by atoms with E-state index in [2.05, 4.69) is 18.8 Å². The van der Waals surface area contributed by atoms with Gasteiger partial charge in [-0.2, -0.15) is 0 Å². The highest BCUT2D eigenvalue weighted by Gasteiger charge is 2.10. The molecule has 0 saturated heterocycles. The summed E-state index contributed by atoms with van der Waals surface area (Å²) >= 11 is 0. The molecule has 4 heteroatoms. The van der Waals surface area contributed by atoms with Gasteiger partial charge in [0.1, 0.15) is 0 Å². The van der Waals surface area contributed by atoms with E-state index < -0.39 is 0 Å². The zero-order valence-corrected chi connectivity index (χ0v) is 12.0. The number of methoxy groups -OCH3 is 1. The number of ether oxygens (including phenoxy) is 2. The summed E-state index contributed by atoms with van der Waals surface area (Å²) in [4.78, 5) is 4.46. The molecule has 0 fully saturated rings. The normalized spacial score (nSPS) is 10.7. The minimum Gasteiger partial charge on any atom is -0.493 e. The minimum absolute atomic E-state index is 0.0372. The highest BCUT2D eigenvalue weighted by molar-refractivity contribution is 5.42. The van der Waals surface area contributed by atoms with Gasteiger partial charge in [-0.25, -0.2) is 4.98 Å². The Labute approximate surface area is 119 Å². The molecule has 2 aromatic rings. The third-order valence-electron chi connectivity index (χ3n) is 2.94. The summed E-state index contributed by atoms with van der Waals surface area (Å²) in [7, 11) is 1.60. The minimum atomic E-state index is -0.0372. The molecule has 20 heavy (non-hydrogen) atoms. The molecule has 0 unspecified atom stereocenters. The quantitative estimate of drug-likeness (QED) is 0.906. The third kappa shape index (κ3) is 3.27. The van der Waals surface area contributed by atoms with Crippen LogP contribution in [0.5, 0.6) is 17.4 Å². The van der Waals surface area contributed by atoms with E-state index in [1.807, 2.05) is 30.3 Å². The van der Waals surface area contributed by atoms with Crippen LogP contribution >= 0.6 is 0 Å². The Balaban J connectivity index is 2.35. The molecule has 4 nitrogen and oxygen atoms in total. The van der Waals surface area contributed by atoms with Crippen LogP contribution in [0, 0.1) is 0 Å². The number of aromatic nitrogens is 1. The molecule has 0 amide bonds. The lowest BCUT2D eigenvalue weighted by Gasteiger charge is -2.12. The summed E-state index contributed by atoms with van der Waals surface area (Å²) < 4.78 is 11.0. The zero-order valence-electron chi connectivity index (χ0n) is 12.0. The summed E-state index contributed by atoms with van der Waals surface area (Å²) in [6, 6.07) is 11.0. The van der Waals surface area contributed by atoms with Crippen molar-refractivity contribution in [2.24, 2.45) is 0 Å². The maximum absolute atomic E-state index is 9.33. The van der Waals surface area contributed by atoms with Crippen molar-refractivity contribution in [3.8, 4) is 17.4 Å². The smallest absolute Gasteiger partial charge is 0.220 e. The fourth-order valence-electron chi connectivity index (χ4n) is 1.84. The van der Waals surface area contributed by atoms with Crippen LogP contribution in [0.15, 0.2) is 36.4 Å². The standard InChI is InChI=1S/C16H19NO3/c1-11(2)13-8-12(10-18)9-16(17-13)20-15-7-5-4-6-14(15)19-3/h4-9,11,18H,10H2,1-3H3. The van der Waals surface area contributed by atoms with E-state index in [1.54, 1.807) is 13.2 Å². The fraction of sp³-hybridized carbons (Fsp3) is 0.312. The molecule has 0 saturated carbocycles. The van der Waals surface area contributed by atoms with Gasteiger partial charge in [-0.3, -0.25) is 0 Å². The third-order valence-corrected chi connectivity index (χ3v) is 2.94. The number of pyridine rings is 1. The Hall–Kier alpha value is -2.07. The number of nitrogens with zero attached hydrogens (tertiary/aromatic N) is 1. The van der Waals surface area contributed by atoms with Crippen molar-refractivity contribution in [3.05, 3.63) is 47.7 Å². The SMILES string of the molecule is COc1ccccc1Oc1cc(CO)cc(C(C)C)n1. The van der Waals surface area contributed by atoms with Crippen LogP contribution < -0.4 is 9.47 Å². The molecule has 0 bridgehead atoms. The second-order valence-corrected chi connectivity index (χ2v) is 4.80. The lowest BCUT2D eigenvalue weighted by atomic mass is 10.1. The lowest BCUT2D eigenvalue weighted by molar-refractivity contribution is 0.280. The van der Waals surface area contributed by atoms with Crippen LogP contribution in [0.1, 0.15) is 31.0 Å². The van der Waals surface area contributed by atoms with E-state index in [-0.39, 0.29) is 12.5 Å². The van der Waals surface area contributed by atoms with Crippen molar-refractivity contribution in [1.82, 2.24) is 4.98 Å². The predicted molar refractivity (Wildman–Crippen MR) is 77.3 cm³/mol. The first-order valence-corrected chi connectivity index (χ1v) is 6.56. The molecule has 0 aliphatic heterocycles. The number of hydrogen-bond acceptors (Lipinski definition) is 4.